The highest BCUT2D eigenvalue weighted by Crippen LogP contribution is 2.26. The van der Waals surface area contributed by atoms with Crippen LogP contribution in [0.1, 0.15) is 18.4 Å². The maximum absolute atomic E-state index is 2.24. The molecular formula is C11H11. The minimum Gasteiger partial charge on any atom is -0.0876 e. The molecule has 1 aromatic carbocycles. The number of rotatable bonds is 1. The van der Waals surface area contributed by atoms with Crippen molar-refractivity contribution in [1.29, 1.82) is 0 Å². The van der Waals surface area contributed by atoms with Gasteiger partial charge >= 0.3 is 0 Å². The summed E-state index contributed by atoms with van der Waals surface area (Å²) >= 11 is 0. The molecule has 0 fully saturated rings. The Morgan fingerprint density at radius 1 is 1.00 bits per heavy atom. The molecule has 2 rings (SSSR count). The Hall–Kier alpha value is -1.04. The van der Waals surface area contributed by atoms with Crippen LogP contribution in [-0.4, -0.2) is 0 Å². The van der Waals surface area contributed by atoms with Gasteiger partial charge in [0.05, 0.1) is 0 Å². The summed E-state index contributed by atoms with van der Waals surface area (Å²) in [5, 5.41) is 0. The molecule has 0 aliphatic heterocycles. The fourth-order valence-electron chi connectivity index (χ4n) is 1.44. The first-order valence-corrected chi connectivity index (χ1v) is 4.04. The second kappa shape index (κ2) is 2.91. The van der Waals surface area contributed by atoms with Crippen LogP contribution in [-0.2, 0) is 0 Å². The summed E-state index contributed by atoms with van der Waals surface area (Å²) in [5.74, 6) is 1.48. The molecule has 0 N–H and O–H groups in total. The molecule has 1 radical (unpaired) electrons. The van der Waals surface area contributed by atoms with Crippen molar-refractivity contribution in [3.8, 4) is 0 Å². The molecule has 0 spiro atoms. The number of benzene rings is 1. The number of hydrogen-bond donors (Lipinski definition) is 0. The van der Waals surface area contributed by atoms with Crippen LogP contribution >= 0.6 is 0 Å². The highest BCUT2D eigenvalue weighted by molar-refractivity contribution is 5.39. The monoisotopic (exact) mass is 143 g/mol. The lowest BCUT2D eigenvalue weighted by Crippen LogP contribution is -1.89. The van der Waals surface area contributed by atoms with Gasteiger partial charge in [0.25, 0.3) is 0 Å². The van der Waals surface area contributed by atoms with E-state index >= 15 is 0 Å². The molecule has 55 valence electrons. The van der Waals surface area contributed by atoms with Crippen LogP contribution in [0.4, 0.5) is 0 Å². The van der Waals surface area contributed by atoms with Gasteiger partial charge in [0.2, 0.25) is 0 Å². The van der Waals surface area contributed by atoms with Crippen molar-refractivity contribution in [2.24, 2.45) is 0 Å². The summed E-state index contributed by atoms with van der Waals surface area (Å²) in [4.78, 5) is 0. The first-order chi connectivity index (χ1) is 5.47. The van der Waals surface area contributed by atoms with Crippen molar-refractivity contribution < 1.29 is 0 Å². The molecule has 1 aliphatic rings. The molecule has 0 bridgehead atoms. The Bertz CT molecular complexity index is 246. The van der Waals surface area contributed by atoms with Crippen LogP contribution in [0.5, 0.6) is 0 Å². The molecule has 11 heavy (non-hydrogen) atoms. The zero-order valence-corrected chi connectivity index (χ0v) is 6.46. The Morgan fingerprint density at radius 3 is 2.45 bits per heavy atom. The van der Waals surface area contributed by atoms with Gasteiger partial charge in [-0.3, -0.25) is 0 Å². The van der Waals surface area contributed by atoms with Crippen LogP contribution < -0.4 is 0 Å². The summed E-state index contributed by atoms with van der Waals surface area (Å²) in [6.45, 7) is 0. The Labute approximate surface area is 67.6 Å². The third kappa shape index (κ3) is 1.35. The van der Waals surface area contributed by atoms with Gasteiger partial charge in [-0.2, -0.15) is 0 Å². The van der Waals surface area contributed by atoms with Gasteiger partial charge in [-0.15, -0.1) is 0 Å². The van der Waals surface area contributed by atoms with Gasteiger partial charge in [-0.1, -0.05) is 42.5 Å². The van der Waals surface area contributed by atoms with E-state index in [1.807, 2.05) is 0 Å². The molecule has 1 aliphatic carbocycles. The number of allylic oxidation sites excluding steroid dienone is 2. The van der Waals surface area contributed by atoms with Crippen molar-refractivity contribution in [1.82, 2.24) is 0 Å². The fourth-order valence-corrected chi connectivity index (χ4v) is 1.44. The topological polar surface area (TPSA) is 0 Å². The fraction of sp³-hybridized carbons (Fsp3) is 0.182. The molecule has 1 aromatic rings. The average Bonchev–Trinajstić information content (AvgIpc) is 2.58. The Kier molecular flexibility index (Phi) is 1.76. The first kappa shape index (κ1) is 6.66. The van der Waals surface area contributed by atoms with Gasteiger partial charge in [0, 0.05) is 5.92 Å². The average molecular weight is 143 g/mol. The lowest BCUT2D eigenvalue weighted by molar-refractivity contribution is 0.978. The van der Waals surface area contributed by atoms with Crippen LogP contribution in [0.2, 0.25) is 0 Å². The van der Waals surface area contributed by atoms with E-state index in [1.165, 1.54) is 24.3 Å². The normalized spacial score (nSPS) is 17.5. The van der Waals surface area contributed by atoms with Crippen LogP contribution in [0.25, 0.3) is 0 Å². The SMILES string of the molecule is C1=C[C](c2ccccc2)CC1. The third-order valence-corrected chi connectivity index (χ3v) is 2.04. The van der Waals surface area contributed by atoms with E-state index in [0.29, 0.717) is 0 Å². The molecule has 0 saturated heterocycles. The van der Waals surface area contributed by atoms with Gasteiger partial charge in [-0.05, 0) is 18.4 Å². The molecule has 0 heteroatoms. The van der Waals surface area contributed by atoms with E-state index in [9.17, 15) is 0 Å². The standard InChI is InChI=1S/C11H11/c1-2-6-10(7-3-1)11-8-4-5-9-11/h1-4,6-8H,5,9H2. The lowest BCUT2D eigenvalue weighted by Gasteiger charge is -2.04. The number of hydrogen-bond acceptors (Lipinski definition) is 0. The Morgan fingerprint density at radius 2 is 1.82 bits per heavy atom. The highest BCUT2D eigenvalue weighted by Gasteiger charge is 2.10. The predicted octanol–water partition coefficient (Wildman–Crippen LogP) is 2.96. The largest absolute Gasteiger partial charge is 0.0876 e. The molecule has 0 heterocycles. The molecule has 0 atom stereocenters. The Balaban J connectivity index is 2.23. The molecule has 0 amide bonds. The van der Waals surface area contributed by atoms with Gasteiger partial charge in [0.1, 0.15) is 0 Å². The minimum atomic E-state index is 1.21. The maximum atomic E-state index is 2.24. The summed E-state index contributed by atoms with van der Waals surface area (Å²) in [7, 11) is 0. The predicted molar refractivity (Wildman–Crippen MR) is 47.2 cm³/mol. The second-order valence-corrected chi connectivity index (χ2v) is 2.83. The van der Waals surface area contributed by atoms with Crippen molar-refractivity contribution in [3.63, 3.8) is 0 Å². The smallest absolute Gasteiger partial charge is 0.0266 e. The van der Waals surface area contributed by atoms with E-state index in [4.69, 9.17) is 0 Å². The van der Waals surface area contributed by atoms with Gasteiger partial charge in [0.15, 0.2) is 0 Å². The van der Waals surface area contributed by atoms with E-state index in [-0.39, 0.29) is 0 Å². The van der Waals surface area contributed by atoms with Crippen LogP contribution in [0, 0.1) is 5.92 Å². The summed E-state index contributed by atoms with van der Waals surface area (Å²) in [5.41, 5.74) is 1.38. The van der Waals surface area contributed by atoms with Crippen molar-refractivity contribution in [3.05, 3.63) is 54.0 Å². The van der Waals surface area contributed by atoms with E-state index in [0.717, 1.165) is 0 Å². The second-order valence-electron chi connectivity index (χ2n) is 2.83. The van der Waals surface area contributed by atoms with Crippen molar-refractivity contribution >= 4 is 0 Å². The molecular weight excluding hydrogens is 132 g/mol. The van der Waals surface area contributed by atoms with Crippen LogP contribution in [0.15, 0.2) is 42.5 Å². The third-order valence-electron chi connectivity index (χ3n) is 2.04. The van der Waals surface area contributed by atoms with Crippen molar-refractivity contribution in [2.75, 3.05) is 0 Å². The highest BCUT2D eigenvalue weighted by atomic mass is 14.1. The van der Waals surface area contributed by atoms with Gasteiger partial charge in [-0.25, -0.2) is 0 Å². The van der Waals surface area contributed by atoms with Crippen LogP contribution in [0.3, 0.4) is 0 Å². The zero-order chi connectivity index (χ0) is 7.52. The minimum absolute atomic E-state index is 1.21. The lowest BCUT2D eigenvalue weighted by atomic mass is 9.99. The summed E-state index contributed by atoms with van der Waals surface area (Å²) < 4.78 is 0. The quantitative estimate of drug-likeness (QED) is 0.567. The molecule has 0 nitrogen and oxygen atoms in total. The molecule has 0 unspecified atom stereocenters. The molecule has 0 aromatic heterocycles. The summed E-state index contributed by atoms with van der Waals surface area (Å²) in [6.07, 6.45) is 6.89. The van der Waals surface area contributed by atoms with E-state index in [2.05, 4.69) is 42.5 Å². The summed E-state index contributed by atoms with van der Waals surface area (Å²) in [6, 6.07) is 10.6. The maximum Gasteiger partial charge on any atom is 0.0266 e. The zero-order valence-electron chi connectivity index (χ0n) is 6.46. The molecule has 0 saturated carbocycles. The van der Waals surface area contributed by atoms with E-state index in [1.54, 1.807) is 0 Å². The van der Waals surface area contributed by atoms with Gasteiger partial charge < -0.3 is 0 Å². The van der Waals surface area contributed by atoms with Crippen molar-refractivity contribution in [2.45, 2.75) is 12.8 Å². The van der Waals surface area contributed by atoms with E-state index < -0.39 is 0 Å². The first-order valence-electron chi connectivity index (χ1n) is 4.04.